The van der Waals surface area contributed by atoms with Crippen molar-refractivity contribution >= 4 is 29.1 Å². The van der Waals surface area contributed by atoms with E-state index in [0.717, 1.165) is 34.9 Å². The molecule has 0 radical (unpaired) electrons. The van der Waals surface area contributed by atoms with Crippen molar-refractivity contribution in [2.45, 2.75) is 24.9 Å². The molecule has 3 N–H and O–H groups in total. The summed E-state index contributed by atoms with van der Waals surface area (Å²) in [6.45, 7) is 0.514. The molecule has 5 heteroatoms. The van der Waals surface area contributed by atoms with Gasteiger partial charge in [0, 0.05) is 6.54 Å². The Labute approximate surface area is 130 Å². The molecule has 112 valence electrons. The second-order valence-corrected chi connectivity index (χ2v) is 5.39. The van der Waals surface area contributed by atoms with Crippen molar-refractivity contribution in [2.75, 3.05) is 7.11 Å². The van der Waals surface area contributed by atoms with E-state index < -0.39 is 5.54 Å². The predicted molar refractivity (Wildman–Crippen MR) is 85.7 cm³/mol. The van der Waals surface area contributed by atoms with Gasteiger partial charge in [0.25, 0.3) is 0 Å². The zero-order chi connectivity index (χ0) is 14.2. The first-order valence-corrected chi connectivity index (χ1v) is 6.75. The van der Waals surface area contributed by atoms with Gasteiger partial charge >= 0.3 is 0 Å². The molecule has 0 unspecified atom stereocenters. The molecule has 0 bridgehead atoms. The number of hydrogen-bond acceptors (Lipinski definition) is 3. The van der Waals surface area contributed by atoms with Crippen molar-refractivity contribution in [3.8, 4) is 5.75 Å². The second-order valence-electron chi connectivity index (χ2n) is 5.39. The Morgan fingerprint density at radius 3 is 2.57 bits per heavy atom. The molecule has 0 aliphatic heterocycles. The van der Waals surface area contributed by atoms with Gasteiger partial charge in [-0.2, -0.15) is 0 Å². The molecule has 2 aromatic rings. The van der Waals surface area contributed by atoms with E-state index in [1.165, 1.54) is 0 Å². The van der Waals surface area contributed by atoms with Gasteiger partial charge in [-0.15, -0.1) is 12.4 Å². The van der Waals surface area contributed by atoms with E-state index >= 15 is 0 Å². The molecule has 21 heavy (non-hydrogen) atoms. The number of carbonyl (C=O) groups excluding carboxylic acids is 1. The standard InChI is InChI=1S/C16H18N2O2.ClH/c1-20-14-5-4-12-8-11(2-3-13(12)9-14)10-18-15(19)16(17)6-7-16;/h2-5,8-9H,6-7,10,17H2,1H3,(H,18,19);1H. The van der Waals surface area contributed by atoms with Gasteiger partial charge < -0.3 is 15.8 Å². The normalized spacial score (nSPS) is 15.1. The summed E-state index contributed by atoms with van der Waals surface area (Å²) in [5.41, 5.74) is 6.31. The first kappa shape index (κ1) is 15.6. The van der Waals surface area contributed by atoms with Gasteiger partial charge in [0.05, 0.1) is 12.6 Å². The third-order valence-electron chi connectivity index (χ3n) is 3.81. The smallest absolute Gasteiger partial charge is 0.240 e. The molecule has 0 heterocycles. The molecule has 2 aromatic carbocycles. The van der Waals surface area contributed by atoms with Gasteiger partial charge in [-0.05, 0) is 47.4 Å². The Morgan fingerprint density at radius 1 is 1.24 bits per heavy atom. The maximum atomic E-state index is 11.8. The maximum absolute atomic E-state index is 11.8. The van der Waals surface area contributed by atoms with Crippen LogP contribution in [0.4, 0.5) is 0 Å². The quantitative estimate of drug-likeness (QED) is 0.911. The van der Waals surface area contributed by atoms with Crippen LogP contribution in [-0.2, 0) is 11.3 Å². The highest BCUT2D eigenvalue weighted by molar-refractivity contribution is 5.89. The largest absolute Gasteiger partial charge is 0.497 e. The Bertz CT molecular complexity index is 668. The van der Waals surface area contributed by atoms with Gasteiger partial charge in [-0.3, -0.25) is 4.79 Å². The van der Waals surface area contributed by atoms with Crippen molar-refractivity contribution in [1.82, 2.24) is 5.32 Å². The highest BCUT2D eigenvalue weighted by Gasteiger charge is 2.45. The molecule has 1 saturated carbocycles. The average molecular weight is 307 g/mol. The van der Waals surface area contributed by atoms with Crippen LogP contribution >= 0.6 is 12.4 Å². The highest BCUT2D eigenvalue weighted by atomic mass is 35.5. The highest BCUT2D eigenvalue weighted by Crippen LogP contribution is 2.32. The first-order valence-electron chi connectivity index (χ1n) is 6.75. The van der Waals surface area contributed by atoms with Gasteiger partial charge in [0.1, 0.15) is 5.75 Å². The van der Waals surface area contributed by atoms with Gasteiger partial charge in [0.2, 0.25) is 5.91 Å². The van der Waals surface area contributed by atoms with Crippen LogP contribution in [0.15, 0.2) is 36.4 Å². The summed E-state index contributed by atoms with van der Waals surface area (Å²) in [5, 5.41) is 5.15. The average Bonchev–Trinajstić information content (AvgIpc) is 3.23. The van der Waals surface area contributed by atoms with Crippen LogP contribution in [0.1, 0.15) is 18.4 Å². The SMILES string of the molecule is COc1ccc2cc(CNC(=O)C3(N)CC3)ccc2c1.Cl. The minimum absolute atomic E-state index is 0. The van der Waals surface area contributed by atoms with E-state index in [-0.39, 0.29) is 18.3 Å². The van der Waals surface area contributed by atoms with Crippen LogP contribution in [0.2, 0.25) is 0 Å². The summed E-state index contributed by atoms with van der Waals surface area (Å²) < 4.78 is 5.20. The topological polar surface area (TPSA) is 64.3 Å². The van der Waals surface area contributed by atoms with E-state index in [4.69, 9.17) is 10.5 Å². The molecular formula is C16H19ClN2O2. The fourth-order valence-corrected chi connectivity index (χ4v) is 2.23. The van der Waals surface area contributed by atoms with E-state index in [1.807, 2.05) is 30.3 Å². The van der Waals surface area contributed by atoms with Crippen LogP contribution in [0.25, 0.3) is 10.8 Å². The number of benzene rings is 2. The molecule has 0 atom stereocenters. The Hall–Kier alpha value is -1.78. The van der Waals surface area contributed by atoms with E-state index in [0.29, 0.717) is 6.54 Å². The van der Waals surface area contributed by atoms with E-state index in [2.05, 4.69) is 11.4 Å². The number of fused-ring (bicyclic) bond motifs is 1. The van der Waals surface area contributed by atoms with Crippen molar-refractivity contribution in [1.29, 1.82) is 0 Å². The lowest BCUT2D eigenvalue weighted by atomic mass is 10.1. The zero-order valence-electron chi connectivity index (χ0n) is 11.9. The number of rotatable bonds is 4. The molecule has 0 spiro atoms. The summed E-state index contributed by atoms with van der Waals surface area (Å²) in [5.74, 6) is 0.796. The number of amides is 1. The lowest BCUT2D eigenvalue weighted by Crippen LogP contribution is -2.42. The summed E-state index contributed by atoms with van der Waals surface area (Å²) >= 11 is 0. The van der Waals surface area contributed by atoms with Crippen LogP contribution in [0, 0.1) is 0 Å². The fourth-order valence-electron chi connectivity index (χ4n) is 2.23. The predicted octanol–water partition coefficient (Wildman–Crippen LogP) is 2.38. The van der Waals surface area contributed by atoms with Crippen LogP contribution in [0.3, 0.4) is 0 Å². The minimum atomic E-state index is -0.607. The molecular weight excluding hydrogens is 288 g/mol. The van der Waals surface area contributed by atoms with Crippen LogP contribution in [0.5, 0.6) is 5.75 Å². The van der Waals surface area contributed by atoms with Crippen LogP contribution < -0.4 is 15.8 Å². The molecule has 3 rings (SSSR count). The molecule has 1 aliphatic carbocycles. The third kappa shape index (κ3) is 3.28. The van der Waals surface area contributed by atoms with E-state index in [1.54, 1.807) is 7.11 Å². The fraction of sp³-hybridized carbons (Fsp3) is 0.312. The minimum Gasteiger partial charge on any atom is -0.497 e. The zero-order valence-corrected chi connectivity index (χ0v) is 12.7. The number of nitrogens with one attached hydrogen (secondary N) is 1. The van der Waals surface area contributed by atoms with Gasteiger partial charge in [-0.25, -0.2) is 0 Å². The third-order valence-corrected chi connectivity index (χ3v) is 3.81. The summed E-state index contributed by atoms with van der Waals surface area (Å²) in [6, 6.07) is 12.1. The number of nitrogens with two attached hydrogens (primary N) is 1. The van der Waals surface area contributed by atoms with Crippen LogP contribution in [-0.4, -0.2) is 18.6 Å². The Kier molecular flexibility index (Phi) is 4.40. The molecule has 1 aliphatic rings. The van der Waals surface area contributed by atoms with Crippen molar-refractivity contribution < 1.29 is 9.53 Å². The van der Waals surface area contributed by atoms with Gasteiger partial charge in [-0.1, -0.05) is 18.2 Å². The Balaban J connectivity index is 0.00000161. The molecule has 0 aromatic heterocycles. The number of ether oxygens (including phenoxy) is 1. The first-order chi connectivity index (χ1) is 9.60. The maximum Gasteiger partial charge on any atom is 0.240 e. The lowest BCUT2D eigenvalue weighted by molar-refractivity contribution is -0.123. The number of hydrogen-bond donors (Lipinski definition) is 2. The van der Waals surface area contributed by atoms with Gasteiger partial charge in [0.15, 0.2) is 0 Å². The summed E-state index contributed by atoms with van der Waals surface area (Å²) in [7, 11) is 1.66. The Morgan fingerprint density at radius 2 is 1.90 bits per heavy atom. The van der Waals surface area contributed by atoms with E-state index in [9.17, 15) is 4.79 Å². The second kappa shape index (κ2) is 5.92. The summed E-state index contributed by atoms with van der Waals surface area (Å²) in [6.07, 6.45) is 1.58. The van der Waals surface area contributed by atoms with Crippen molar-refractivity contribution in [3.05, 3.63) is 42.0 Å². The molecule has 1 fully saturated rings. The molecule has 1 amide bonds. The van der Waals surface area contributed by atoms with Crippen molar-refractivity contribution in [3.63, 3.8) is 0 Å². The molecule has 4 nitrogen and oxygen atoms in total. The monoisotopic (exact) mass is 306 g/mol. The number of methoxy groups -OCH3 is 1. The summed E-state index contributed by atoms with van der Waals surface area (Å²) in [4.78, 5) is 11.8. The number of halogens is 1. The number of carbonyl (C=O) groups is 1. The van der Waals surface area contributed by atoms with Crippen molar-refractivity contribution in [2.24, 2.45) is 5.73 Å². The lowest BCUT2D eigenvalue weighted by Gasteiger charge is -2.10. The molecule has 0 saturated heterocycles.